The molecule has 1 rings (SSSR count). The molecule has 0 aliphatic carbocycles. The lowest BCUT2D eigenvalue weighted by molar-refractivity contribution is -0.385. The average molecular weight is 269 g/mol. The first kappa shape index (κ1) is 14.7. The molecule has 0 unspecified atom stereocenters. The van der Waals surface area contributed by atoms with E-state index in [9.17, 15) is 14.9 Å². The van der Waals surface area contributed by atoms with Crippen LogP contribution >= 0.6 is 0 Å². The minimum absolute atomic E-state index is 0.116. The van der Waals surface area contributed by atoms with Gasteiger partial charge in [0.1, 0.15) is 0 Å². The number of rotatable bonds is 6. The van der Waals surface area contributed by atoms with Crippen LogP contribution in [0.15, 0.2) is 12.1 Å². The van der Waals surface area contributed by atoms with E-state index >= 15 is 0 Å². The lowest BCUT2D eigenvalue weighted by Gasteiger charge is -2.12. The van der Waals surface area contributed by atoms with Crippen molar-refractivity contribution in [2.24, 2.45) is 0 Å². The predicted octanol–water partition coefficient (Wildman–Crippen LogP) is 1.72. The maximum absolute atomic E-state index is 11.5. The highest BCUT2D eigenvalue weighted by Gasteiger charge is 2.20. The number of carbonyl (C=O) groups excluding carboxylic acids is 1. The van der Waals surface area contributed by atoms with E-state index in [4.69, 9.17) is 14.2 Å². The van der Waals surface area contributed by atoms with Crippen molar-refractivity contribution in [3.8, 4) is 11.5 Å². The van der Waals surface area contributed by atoms with Crippen molar-refractivity contribution < 1.29 is 23.9 Å². The summed E-state index contributed by atoms with van der Waals surface area (Å²) in [6.45, 7) is 1.93. The van der Waals surface area contributed by atoms with E-state index in [1.807, 2.05) is 0 Å². The summed E-state index contributed by atoms with van der Waals surface area (Å²) >= 11 is 0. The molecule has 1 aromatic rings. The summed E-state index contributed by atoms with van der Waals surface area (Å²) in [7, 11) is 2.77. The molecule has 0 bridgehead atoms. The zero-order chi connectivity index (χ0) is 14.4. The van der Waals surface area contributed by atoms with Crippen LogP contribution in [0.1, 0.15) is 12.5 Å². The van der Waals surface area contributed by atoms with Crippen LogP contribution in [0.3, 0.4) is 0 Å². The maximum atomic E-state index is 11.5. The number of benzene rings is 1. The molecule has 0 amide bonds. The predicted molar refractivity (Wildman–Crippen MR) is 66.5 cm³/mol. The highest BCUT2D eigenvalue weighted by molar-refractivity contribution is 5.75. The van der Waals surface area contributed by atoms with Crippen LogP contribution in [0.4, 0.5) is 5.69 Å². The van der Waals surface area contributed by atoms with Gasteiger partial charge in [-0.2, -0.15) is 0 Å². The Bertz CT molecular complexity index is 485. The Labute approximate surface area is 110 Å². The van der Waals surface area contributed by atoms with E-state index < -0.39 is 10.9 Å². The number of ether oxygens (including phenoxy) is 3. The van der Waals surface area contributed by atoms with E-state index in [-0.39, 0.29) is 24.5 Å². The first-order valence-corrected chi connectivity index (χ1v) is 5.58. The van der Waals surface area contributed by atoms with Gasteiger partial charge in [-0.15, -0.1) is 0 Å². The molecular weight excluding hydrogens is 254 g/mol. The van der Waals surface area contributed by atoms with Crippen molar-refractivity contribution in [2.45, 2.75) is 13.3 Å². The zero-order valence-corrected chi connectivity index (χ0v) is 11.0. The number of nitro benzene ring substituents is 1. The number of nitro groups is 1. The summed E-state index contributed by atoms with van der Waals surface area (Å²) < 4.78 is 15.0. The molecule has 19 heavy (non-hydrogen) atoms. The number of carbonyl (C=O) groups is 1. The molecular formula is C12H15NO6. The van der Waals surface area contributed by atoms with E-state index in [1.54, 1.807) is 6.92 Å². The summed E-state index contributed by atoms with van der Waals surface area (Å²) in [5, 5.41) is 10.8. The van der Waals surface area contributed by atoms with Gasteiger partial charge in [0.25, 0.3) is 5.69 Å². The molecule has 104 valence electrons. The molecule has 7 nitrogen and oxygen atoms in total. The second-order valence-electron chi connectivity index (χ2n) is 3.58. The van der Waals surface area contributed by atoms with Crippen LogP contribution in [0.2, 0.25) is 0 Å². The van der Waals surface area contributed by atoms with Gasteiger partial charge in [0.05, 0.1) is 38.2 Å². The van der Waals surface area contributed by atoms with Crippen molar-refractivity contribution in [3.63, 3.8) is 0 Å². The molecule has 7 heteroatoms. The number of esters is 1. The summed E-state index contributed by atoms with van der Waals surface area (Å²) in [4.78, 5) is 21.7. The van der Waals surface area contributed by atoms with Crippen LogP contribution < -0.4 is 9.47 Å². The average Bonchev–Trinajstić information content (AvgIpc) is 2.37. The molecule has 0 atom stereocenters. The molecule has 0 radical (unpaired) electrons. The normalized spacial score (nSPS) is 9.84. The number of nitrogens with zero attached hydrogens (tertiary/aromatic N) is 1. The van der Waals surface area contributed by atoms with Gasteiger partial charge in [0.2, 0.25) is 0 Å². The molecule has 0 spiro atoms. The van der Waals surface area contributed by atoms with Crippen LogP contribution in [0.25, 0.3) is 0 Å². The van der Waals surface area contributed by atoms with Crippen molar-refractivity contribution in [3.05, 3.63) is 27.8 Å². The van der Waals surface area contributed by atoms with Gasteiger partial charge >= 0.3 is 5.97 Å². The molecule has 0 fully saturated rings. The number of methoxy groups -OCH3 is 2. The molecule has 0 saturated heterocycles. The van der Waals surface area contributed by atoms with Crippen LogP contribution in [0.5, 0.6) is 11.5 Å². The maximum Gasteiger partial charge on any atom is 0.310 e. The molecule has 0 heterocycles. The van der Waals surface area contributed by atoms with E-state index in [1.165, 1.54) is 26.4 Å². The highest BCUT2D eigenvalue weighted by Crippen LogP contribution is 2.35. The lowest BCUT2D eigenvalue weighted by Crippen LogP contribution is -2.09. The van der Waals surface area contributed by atoms with Gasteiger partial charge in [-0.3, -0.25) is 14.9 Å². The van der Waals surface area contributed by atoms with Crippen LogP contribution in [0, 0.1) is 10.1 Å². The van der Waals surface area contributed by atoms with Gasteiger partial charge in [-0.1, -0.05) is 0 Å². The molecule has 0 aliphatic heterocycles. The largest absolute Gasteiger partial charge is 0.493 e. The number of non-ortho nitro benzene ring substituents is 1. The summed E-state index contributed by atoms with van der Waals surface area (Å²) in [6.07, 6.45) is -0.116. The van der Waals surface area contributed by atoms with Crippen LogP contribution in [-0.4, -0.2) is 31.7 Å². The topological polar surface area (TPSA) is 87.9 Å². The van der Waals surface area contributed by atoms with E-state index in [0.717, 1.165) is 0 Å². The third-order valence-corrected chi connectivity index (χ3v) is 2.39. The molecule has 0 aliphatic rings. The monoisotopic (exact) mass is 269 g/mol. The Kier molecular flexibility index (Phi) is 5.11. The second-order valence-corrected chi connectivity index (χ2v) is 3.58. The lowest BCUT2D eigenvalue weighted by atomic mass is 10.1. The zero-order valence-electron chi connectivity index (χ0n) is 11.0. The van der Waals surface area contributed by atoms with Gasteiger partial charge in [-0.05, 0) is 6.92 Å². The third-order valence-electron chi connectivity index (χ3n) is 2.39. The second kappa shape index (κ2) is 6.58. The molecule has 0 N–H and O–H groups in total. The van der Waals surface area contributed by atoms with Crippen molar-refractivity contribution in [1.82, 2.24) is 0 Å². The van der Waals surface area contributed by atoms with Crippen molar-refractivity contribution in [1.29, 1.82) is 0 Å². The first-order chi connectivity index (χ1) is 9.03. The van der Waals surface area contributed by atoms with Crippen molar-refractivity contribution >= 4 is 11.7 Å². The van der Waals surface area contributed by atoms with Crippen molar-refractivity contribution in [2.75, 3.05) is 20.8 Å². The Morgan fingerprint density at radius 2 is 2.00 bits per heavy atom. The molecule has 0 saturated carbocycles. The SMILES string of the molecule is CCOC(=O)Cc1cc([N+](=O)[O-])cc(OC)c1OC. The fourth-order valence-electron chi connectivity index (χ4n) is 1.63. The van der Waals surface area contributed by atoms with Gasteiger partial charge in [0, 0.05) is 11.6 Å². The Morgan fingerprint density at radius 3 is 2.47 bits per heavy atom. The Hall–Kier alpha value is -2.31. The first-order valence-electron chi connectivity index (χ1n) is 5.58. The number of hydrogen-bond donors (Lipinski definition) is 0. The Balaban J connectivity index is 3.21. The van der Waals surface area contributed by atoms with Gasteiger partial charge in [0.15, 0.2) is 11.5 Å². The quantitative estimate of drug-likeness (QED) is 0.444. The summed E-state index contributed by atoms with van der Waals surface area (Å²) in [5.74, 6) is 0.0144. The molecule has 1 aromatic carbocycles. The Morgan fingerprint density at radius 1 is 1.32 bits per heavy atom. The van der Waals surface area contributed by atoms with Gasteiger partial charge < -0.3 is 14.2 Å². The summed E-state index contributed by atoms with van der Waals surface area (Å²) in [6, 6.07) is 2.52. The molecule has 0 aromatic heterocycles. The fraction of sp³-hybridized carbons (Fsp3) is 0.417. The van der Waals surface area contributed by atoms with E-state index in [0.29, 0.717) is 11.3 Å². The highest BCUT2D eigenvalue weighted by atomic mass is 16.6. The minimum Gasteiger partial charge on any atom is -0.493 e. The van der Waals surface area contributed by atoms with Gasteiger partial charge in [-0.25, -0.2) is 0 Å². The smallest absolute Gasteiger partial charge is 0.310 e. The van der Waals surface area contributed by atoms with Crippen LogP contribution in [-0.2, 0) is 16.0 Å². The fourth-order valence-corrected chi connectivity index (χ4v) is 1.63. The third kappa shape index (κ3) is 3.57. The standard InChI is InChI=1S/C12H15NO6/c1-4-19-11(14)6-8-5-9(13(15)16)7-10(17-2)12(8)18-3/h5,7H,4,6H2,1-3H3. The number of hydrogen-bond acceptors (Lipinski definition) is 6. The van der Waals surface area contributed by atoms with E-state index in [2.05, 4.69) is 0 Å². The summed E-state index contributed by atoms with van der Waals surface area (Å²) in [5.41, 5.74) is 0.184. The minimum atomic E-state index is -0.559.